The molecule has 3 aliphatic heterocycles. The van der Waals surface area contributed by atoms with Crippen molar-refractivity contribution in [3.05, 3.63) is 18.2 Å². The van der Waals surface area contributed by atoms with Crippen LogP contribution in [0.25, 0.3) is 0 Å². The van der Waals surface area contributed by atoms with E-state index in [0.29, 0.717) is 18.0 Å². The van der Waals surface area contributed by atoms with Crippen LogP contribution >= 0.6 is 0 Å². The van der Waals surface area contributed by atoms with Crippen LogP contribution in [0.4, 0.5) is 0 Å². The fourth-order valence-electron chi connectivity index (χ4n) is 3.94. The van der Waals surface area contributed by atoms with E-state index in [-0.39, 0.29) is 5.92 Å². The first kappa shape index (κ1) is 15.5. The number of amides is 1. The first-order valence-electron chi connectivity index (χ1n) is 8.63. The Balaban J connectivity index is 1.74. The minimum atomic E-state index is 0.195. The molecular weight excluding hydrogens is 276 g/mol. The molecule has 3 fully saturated rings. The maximum Gasteiger partial charge on any atom is 0.227 e. The monoisotopic (exact) mass is 304 g/mol. The molecule has 4 heterocycles. The average molecular weight is 304 g/mol. The number of hydrogen-bond donors (Lipinski definition) is 0. The maximum absolute atomic E-state index is 12.6. The van der Waals surface area contributed by atoms with Crippen LogP contribution in [0.5, 0.6) is 0 Å². The highest BCUT2D eigenvalue weighted by atomic mass is 16.2. The summed E-state index contributed by atoms with van der Waals surface area (Å²) in [6.45, 7) is 10.2. The molecule has 4 rings (SSSR count). The first-order valence-corrected chi connectivity index (χ1v) is 8.63. The Labute approximate surface area is 133 Å². The Hall–Kier alpha value is -1.36. The second-order valence-electron chi connectivity index (χ2n) is 7.04. The Kier molecular flexibility index (Phi) is 4.52. The molecule has 122 valence electrons. The van der Waals surface area contributed by atoms with Gasteiger partial charge in [0.05, 0.1) is 17.9 Å². The number of nitrogens with zero attached hydrogens (tertiary/aromatic N) is 4. The summed E-state index contributed by atoms with van der Waals surface area (Å²) in [6.07, 6.45) is 7.16. The van der Waals surface area contributed by atoms with Gasteiger partial charge in [0.15, 0.2) is 0 Å². The third-order valence-corrected chi connectivity index (χ3v) is 5.02. The van der Waals surface area contributed by atoms with E-state index in [1.165, 1.54) is 5.69 Å². The summed E-state index contributed by atoms with van der Waals surface area (Å²) >= 11 is 0. The summed E-state index contributed by atoms with van der Waals surface area (Å²) in [5, 5.41) is 0. The summed E-state index contributed by atoms with van der Waals surface area (Å²) in [4.78, 5) is 21.5. The van der Waals surface area contributed by atoms with Gasteiger partial charge in [0.25, 0.3) is 0 Å². The summed E-state index contributed by atoms with van der Waals surface area (Å²) < 4.78 is 2.23. The van der Waals surface area contributed by atoms with E-state index in [1.807, 2.05) is 12.5 Å². The molecule has 0 N–H and O–H groups in total. The lowest BCUT2D eigenvalue weighted by Gasteiger charge is -2.35. The summed E-state index contributed by atoms with van der Waals surface area (Å²) in [6, 6.07) is 0.834. The molecule has 0 unspecified atom stereocenters. The fourth-order valence-corrected chi connectivity index (χ4v) is 3.94. The highest BCUT2D eigenvalue weighted by Gasteiger charge is 2.40. The minimum absolute atomic E-state index is 0.195. The van der Waals surface area contributed by atoms with Crippen molar-refractivity contribution in [2.45, 2.75) is 58.7 Å². The third-order valence-electron chi connectivity index (χ3n) is 5.02. The number of carbonyl (C=O) groups excluding carboxylic acids is 1. The minimum Gasteiger partial charge on any atom is -0.338 e. The number of aromatic nitrogens is 2. The van der Waals surface area contributed by atoms with Gasteiger partial charge >= 0.3 is 0 Å². The number of fused-ring (bicyclic) bond motifs is 4. The van der Waals surface area contributed by atoms with Crippen LogP contribution < -0.4 is 0 Å². The predicted molar refractivity (Wildman–Crippen MR) is 86.4 cm³/mol. The zero-order valence-electron chi connectivity index (χ0n) is 14.0. The molecule has 5 nitrogen and oxygen atoms in total. The molecule has 1 amide bonds. The van der Waals surface area contributed by atoms with Crippen LogP contribution in [-0.2, 0) is 11.3 Å². The Morgan fingerprint density at radius 1 is 1.32 bits per heavy atom. The van der Waals surface area contributed by atoms with Crippen molar-refractivity contribution in [1.29, 1.82) is 0 Å². The molecule has 0 aromatic carbocycles. The van der Waals surface area contributed by atoms with Gasteiger partial charge < -0.3 is 9.47 Å². The Bertz CT molecular complexity index is 524. The van der Waals surface area contributed by atoms with Gasteiger partial charge in [0.1, 0.15) is 0 Å². The van der Waals surface area contributed by atoms with Crippen LogP contribution in [0.2, 0.25) is 0 Å². The van der Waals surface area contributed by atoms with Gasteiger partial charge in [-0.1, -0.05) is 6.92 Å². The van der Waals surface area contributed by atoms with Gasteiger partial charge in [0, 0.05) is 44.5 Å². The topological polar surface area (TPSA) is 41.4 Å². The molecule has 3 saturated heterocycles. The second-order valence-corrected chi connectivity index (χ2v) is 7.04. The van der Waals surface area contributed by atoms with E-state index < -0.39 is 0 Å². The molecule has 22 heavy (non-hydrogen) atoms. The standard InChI is InChI=1S/C17H28N4O/c1-4-7-20-15-6-5-14(17(20)22)9-19(10-15)11-16-8-18-12-21(16)13(2)3/h8,12-15H,4-7,9-11H2,1-3H3/t14-,15+/m0/s1. The molecule has 1 aromatic heterocycles. The van der Waals surface area contributed by atoms with Crippen LogP contribution in [0, 0.1) is 5.92 Å². The normalized spacial score (nSPS) is 26.0. The molecule has 0 spiro atoms. The van der Waals surface area contributed by atoms with E-state index in [0.717, 1.165) is 45.4 Å². The predicted octanol–water partition coefficient (Wildman–Crippen LogP) is 2.30. The molecular formula is C17H28N4O. The van der Waals surface area contributed by atoms with Crippen molar-refractivity contribution in [2.24, 2.45) is 5.92 Å². The van der Waals surface area contributed by atoms with E-state index in [9.17, 15) is 4.79 Å². The van der Waals surface area contributed by atoms with E-state index >= 15 is 0 Å². The van der Waals surface area contributed by atoms with Crippen molar-refractivity contribution >= 4 is 5.91 Å². The Morgan fingerprint density at radius 2 is 2.14 bits per heavy atom. The van der Waals surface area contributed by atoms with Crippen LogP contribution in [0.15, 0.2) is 12.5 Å². The number of hydrogen-bond acceptors (Lipinski definition) is 3. The van der Waals surface area contributed by atoms with Gasteiger partial charge in [0.2, 0.25) is 5.91 Å². The van der Waals surface area contributed by atoms with Gasteiger partial charge in [-0.15, -0.1) is 0 Å². The van der Waals surface area contributed by atoms with Crippen molar-refractivity contribution in [1.82, 2.24) is 19.4 Å². The average Bonchev–Trinajstić information content (AvgIpc) is 2.79. The largest absolute Gasteiger partial charge is 0.338 e. The second kappa shape index (κ2) is 6.41. The highest BCUT2D eigenvalue weighted by molar-refractivity contribution is 5.80. The van der Waals surface area contributed by atoms with Gasteiger partial charge in [-0.25, -0.2) is 4.98 Å². The zero-order valence-corrected chi connectivity index (χ0v) is 14.0. The quantitative estimate of drug-likeness (QED) is 0.838. The molecule has 0 radical (unpaired) electrons. The number of imidazole rings is 1. The van der Waals surface area contributed by atoms with Crippen LogP contribution in [-0.4, -0.2) is 50.9 Å². The third kappa shape index (κ3) is 2.91. The molecule has 0 saturated carbocycles. The van der Waals surface area contributed by atoms with Crippen molar-refractivity contribution in [3.63, 3.8) is 0 Å². The molecule has 2 bridgehead atoms. The molecule has 2 atom stereocenters. The SMILES string of the molecule is CCCN1C(=O)[C@H]2CC[C@@H]1CN(Cc1cncn1C(C)C)C2. The molecule has 1 aromatic rings. The smallest absolute Gasteiger partial charge is 0.227 e. The summed E-state index contributed by atoms with van der Waals surface area (Å²) in [5.41, 5.74) is 1.26. The van der Waals surface area contributed by atoms with E-state index in [2.05, 4.69) is 40.1 Å². The van der Waals surface area contributed by atoms with Crippen molar-refractivity contribution in [3.8, 4) is 0 Å². The van der Waals surface area contributed by atoms with Crippen molar-refractivity contribution in [2.75, 3.05) is 19.6 Å². The lowest BCUT2D eigenvalue weighted by molar-refractivity contribution is -0.139. The van der Waals surface area contributed by atoms with E-state index in [4.69, 9.17) is 0 Å². The lowest BCUT2D eigenvalue weighted by atomic mass is 9.94. The molecule has 0 aliphatic carbocycles. The van der Waals surface area contributed by atoms with Gasteiger partial charge in [-0.3, -0.25) is 9.69 Å². The molecule has 3 aliphatic rings. The number of rotatable bonds is 5. The zero-order chi connectivity index (χ0) is 15.7. The number of carbonyl (C=O) groups is 1. The van der Waals surface area contributed by atoms with Crippen LogP contribution in [0.3, 0.4) is 0 Å². The van der Waals surface area contributed by atoms with Crippen LogP contribution in [0.1, 0.15) is 51.8 Å². The van der Waals surface area contributed by atoms with Gasteiger partial charge in [-0.2, -0.15) is 0 Å². The first-order chi connectivity index (χ1) is 10.6. The summed E-state index contributed by atoms with van der Waals surface area (Å²) in [5.74, 6) is 0.582. The fraction of sp³-hybridized carbons (Fsp3) is 0.765. The van der Waals surface area contributed by atoms with Gasteiger partial charge in [-0.05, 0) is 33.1 Å². The molecule has 5 heteroatoms. The maximum atomic E-state index is 12.6. The van der Waals surface area contributed by atoms with Crippen molar-refractivity contribution < 1.29 is 4.79 Å². The highest BCUT2D eigenvalue weighted by Crippen LogP contribution is 2.30. The summed E-state index contributed by atoms with van der Waals surface area (Å²) in [7, 11) is 0. The van der Waals surface area contributed by atoms with E-state index in [1.54, 1.807) is 0 Å². The number of piperidine rings is 1. The lowest BCUT2D eigenvalue weighted by Crippen LogP contribution is -2.48. The Morgan fingerprint density at radius 3 is 2.86 bits per heavy atom.